The van der Waals surface area contributed by atoms with E-state index in [0.29, 0.717) is 11.1 Å². The molecule has 2 amide bonds. The molecular formula is C19H21N5O2. The van der Waals surface area contributed by atoms with Gasteiger partial charge in [-0.1, -0.05) is 23.4 Å². The second-order valence-electron chi connectivity index (χ2n) is 6.39. The Hall–Kier alpha value is -3.22. The summed E-state index contributed by atoms with van der Waals surface area (Å²) in [4.78, 5) is 26.3. The molecule has 0 atom stereocenters. The maximum Gasteiger partial charge on any atom is 0.254 e. The first-order valence-corrected chi connectivity index (χ1v) is 8.28. The highest BCUT2D eigenvalue weighted by molar-refractivity contribution is 6.01. The first-order chi connectivity index (χ1) is 12.4. The van der Waals surface area contributed by atoms with Gasteiger partial charge < -0.3 is 10.2 Å². The predicted molar refractivity (Wildman–Crippen MR) is 100 cm³/mol. The van der Waals surface area contributed by atoms with Gasteiger partial charge in [0.1, 0.15) is 5.52 Å². The number of fused-ring (bicyclic) bond motifs is 1. The van der Waals surface area contributed by atoms with Crippen molar-refractivity contribution in [3.05, 3.63) is 53.1 Å². The van der Waals surface area contributed by atoms with Gasteiger partial charge in [-0.05, 0) is 43.2 Å². The van der Waals surface area contributed by atoms with E-state index in [1.54, 1.807) is 37.0 Å². The second kappa shape index (κ2) is 6.95. The van der Waals surface area contributed by atoms with E-state index in [2.05, 4.69) is 15.6 Å². The van der Waals surface area contributed by atoms with E-state index < -0.39 is 0 Å². The molecule has 0 saturated carbocycles. The van der Waals surface area contributed by atoms with Crippen molar-refractivity contribution in [3.63, 3.8) is 0 Å². The molecule has 7 nitrogen and oxygen atoms in total. The normalized spacial score (nSPS) is 10.8. The van der Waals surface area contributed by atoms with Gasteiger partial charge in [0.2, 0.25) is 5.91 Å². The van der Waals surface area contributed by atoms with Crippen LogP contribution >= 0.6 is 0 Å². The van der Waals surface area contributed by atoms with Gasteiger partial charge in [-0.3, -0.25) is 9.59 Å². The molecule has 0 bridgehead atoms. The Balaban J connectivity index is 1.70. The number of benzene rings is 2. The quantitative estimate of drug-likeness (QED) is 0.782. The summed E-state index contributed by atoms with van der Waals surface area (Å²) in [5.74, 6) is -0.479. The number of rotatable bonds is 4. The van der Waals surface area contributed by atoms with Crippen LogP contribution in [0.4, 0.5) is 5.69 Å². The van der Waals surface area contributed by atoms with Crippen molar-refractivity contribution in [2.45, 2.75) is 13.8 Å². The number of likely N-dealkylation sites (N-methyl/N-ethyl adjacent to an activating group) is 1. The molecule has 26 heavy (non-hydrogen) atoms. The number of nitrogens with one attached hydrogen (secondary N) is 1. The summed E-state index contributed by atoms with van der Waals surface area (Å²) in [7, 11) is 3.40. The van der Waals surface area contributed by atoms with Crippen LogP contribution in [0.5, 0.6) is 0 Å². The lowest BCUT2D eigenvalue weighted by Crippen LogP contribution is -2.35. The van der Waals surface area contributed by atoms with Crippen molar-refractivity contribution in [1.82, 2.24) is 19.9 Å². The van der Waals surface area contributed by atoms with Crippen LogP contribution in [0.25, 0.3) is 11.0 Å². The third-order valence-corrected chi connectivity index (χ3v) is 4.33. The Morgan fingerprint density at radius 2 is 1.85 bits per heavy atom. The summed E-state index contributed by atoms with van der Waals surface area (Å²) in [6, 6.07) is 11.0. The first kappa shape index (κ1) is 17.6. The van der Waals surface area contributed by atoms with Gasteiger partial charge in [0.15, 0.2) is 0 Å². The van der Waals surface area contributed by atoms with E-state index in [1.165, 1.54) is 4.90 Å². The van der Waals surface area contributed by atoms with E-state index in [-0.39, 0.29) is 18.4 Å². The molecule has 1 aromatic heterocycles. The summed E-state index contributed by atoms with van der Waals surface area (Å²) in [5.41, 5.74) is 4.73. The van der Waals surface area contributed by atoms with Crippen molar-refractivity contribution in [3.8, 4) is 0 Å². The fourth-order valence-corrected chi connectivity index (χ4v) is 2.87. The summed E-state index contributed by atoms with van der Waals surface area (Å²) < 4.78 is 1.64. The Morgan fingerprint density at radius 1 is 1.15 bits per heavy atom. The zero-order valence-corrected chi connectivity index (χ0v) is 15.3. The highest BCUT2D eigenvalue weighted by Gasteiger charge is 2.17. The minimum Gasteiger partial charge on any atom is -0.332 e. The molecular weight excluding hydrogens is 330 g/mol. The van der Waals surface area contributed by atoms with Crippen LogP contribution in [0.1, 0.15) is 21.5 Å². The number of carbonyl (C=O) groups excluding carboxylic acids is 2. The van der Waals surface area contributed by atoms with E-state index in [9.17, 15) is 9.59 Å². The monoisotopic (exact) mass is 351 g/mol. The Labute approximate surface area is 151 Å². The number of anilines is 1. The van der Waals surface area contributed by atoms with E-state index >= 15 is 0 Å². The average Bonchev–Trinajstić information content (AvgIpc) is 2.98. The zero-order valence-electron chi connectivity index (χ0n) is 15.3. The SMILES string of the molecule is Cc1cccc(C)c1NC(=O)CN(C)C(=O)c1ccc2c(c1)nnn2C. The second-order valence-corrected chi connectivity index (χ2v) is 6.39. The lowest BCUT2D eigenvalue weighted by molar-refractivity contribution is -0.116. The number of hydrogen-bond donors (Lipinski definition) is 1. The molecule has 0 unspecified atom stereocenters. The largest absolute Gasteiger partial charge is 0.332 e. The summed E-state index contributed by atoms with van der Waals surface area (Å²) >= 11 is 0. The summed E-state index contributed by atoms with van der Waals surface area (Å²) in [5, 5.41) is 10.8. The lowest BCUT2D eigenvalue weighted by Gasteiger charge is -2.18. The van der Waals surface area contributed by atoms with Crippen molar-refractivity contribution in [2.75, 3.05) is 18.9 Å². The fourth-order valence-electron chi connectivity index (χ4n) is 2.87. The van der Waals surface area contributed by atoms with Gasteiger partial charge in [-0.15, -0.1) is 5.10 Å². The lowest BCUT2D eigenvalue weighted by atomic mass is 10.1. The topological polar surface area (TPSA) is 80.1 Å². The summed E-state index contributed by atoms with van der Waals surface area (Å²) in [6.07, 6.45) is 0. The van der Waals surface area contributed by atoms with Crippen LogP contribution < -0.4 is 5.32 Å². The molecule has 7 heteroatoms. The van der Waals surface area contributed by atoms with Gasteiger partial charge in [0.05, 0.1) is 12.1 Å². The number of aromatic nitrogens is 3. The van der Waals surface area contributed by atoms with E-state index in [0.717, 1.165) is 22.3 Å². The molecule has 0 spiro atoms. The van der Waals surface area contributed by atoms with Crippen LogP contribution in [0.15, 0.2) is 36.4 Å². The maximum atomic E-state index is 12.6. The van der Waals surface area contributed by atoms with Crippen molar-refractivity contribution in [2.24, 2.45) is 7.05 Å². The Morgan fingerprint density at radius 3 is 2.54 bits per heavy atom. The molecule has 0 aliphatic heterocycles. The number of aryl methyl sites for hydroxylation is 3. The van der Waals surface area contributed by atoms with Crippen LogP contribution in [0.2, 0.25) is 0 Å². The molecule has 0 aliphatic carbocycles. The smallest absolute Gasteiger partial charge is 0.254 e. The molecule has 1 N–H and O–H groups in total. The molecule has 3 aromatic rings. The van der Waals surface area contributed by atoms with Crippen LogP contribution in [0.3, 0.4) is 0 Å². The highest BCUT2D eigenvalue weighted by atomic mass is 16.2. The molecule has 134 valence electrons. The van der Waals surface area contributed by atoms with Crippen LogP contribution in [-0.4, -0.2) is 45.3 Å². The molecule has 3 rings (SSSR count). The minimum atomic E-state index is -0.241. The molecule has 0 saturated heterocycles. The molecule has 1 heterocycles. The van der Waals surface area contributed by atoms with Crippen molar-refractivity contribution in [1.29, 1.82) is 0 Å². The van der Waals surface area contributed by atoms with Crippen molar-refractivity contribution < 1.29 is 9.59 Å². The molecule has 0 aliphatic rings. The highest BCUT2D eigenvalue weighted by Crippen LogP contribution is 2.19. The van der Waals surface area contributed by atoms with Gasteiger partial charge in [0.25, 0.3) is 5.91 Å². The maximum absolute atomic E-state index is 12.6. The van der Waals surface area contributed by atoms with Gasteiger partial charge in [0, 0.05) is 25.3 Å². The molecule has 0 fully saturated rings. The number of para-hydroxylation sites is 1. The van der Waals surface area contributed by atoms with Crippen LogP contribution in [0, 0.1) is 13.8 Å². The molecule has 2 aromatic carbocycles. The van der Waals surface area contributed by atoms with Crippen molar-refractivity contribution >= 4 is 28.5 Å². The minimum absolute atomic E-state index is 0.0366. The predicted octanol–water partition coefficient (Wildman–Crippen LogP) is 2.30. The zero-order chi connectivity index (χ0) is 18.8. The first-order valence-electron chi connectivity index (χ1n) is 8.28. The third kappa shape index (κ3) is 3.42. The number of hydrogen-bond acceptors (Lipinski definition) is 4. The Bertz CT molecular complexity index is 973. The van der Waals surface area contributed by atoms with E-state index in [4.69, 9.17) is 0 Å². The van der Waals surface area contributed by atoms with Gasteiger partial charge in [-0.2, -0.15) is 0 Å². The third-order valence-electron chi connectivity index (χ3n) is 4.33. The number of carbonyl (C=O) groups is 2. The number of amides is 2. The molecule has 0 radical (unpaired) electrons. The average molecular weight is 351 g/mol. The van der Waals surface area contributed by atoms with Crippen LogP contribution in [-0.2, 0) is 11.8 Å². The number of nitrogens with zero attached hydrogens (tertiary/aromatic N) is 4. The standard InChI is InChI=1S/C19H21N5O2/c1-12-6-5-7-13(2)18(12)20-17(25)11-23(3)19(26)14-8-9-16-15(10-14)21-22-24(16)4/h5-10H,11H2,1-4H3,(H,20,25). The van der Waals surface area contributed by atoms with Gasteiger partial charge >= 0.3 is 0 Å². The Kier molecular flexibility index (Phi) is 4.71. The van der Waals surface area contributed by atoms with E-state index in [1.807, 2.05) is 32.0 Å². The fraction of sp³-hybridized carbons (Fsp3) is 0.263. The summed E-state index contributed by atoms with van der Waals surface area (Å²) in [6.45, 7) is 3.84. The van der Waals surface area contributed by atoms with Gasteiger partial charge in [-0.25, -0.2) is 4.68 Å².